The molecule has 1 rings (SSSR count). The molecule has 1 aromatic rings. The van der Waals surface area contributed by atoms with Crippen LogP contribution in [-0.4, -0.2) is 23.1 Å². The molecule has 0 aliphatic rings. The molecule has 20 heavy (non-hydrogen) atoms. The van der Waals surface area contributed by atoms with Crippen molar-refractivity contribution in [1.82, 2.24) is 5.32 Å². The summed E-state index contributed by atoms with van der Waals surface area (Å²) in [5, 5.41) is 13.8. The van der Waals surface area contributed by atoms with Gasteiger partial charge in [0.1, 0.15) is 11.9 Å². The van der Waals surface area contributed by atoms with Gasteiger partial charge in [0.25, 0.3) is 0 Å². The van der Waals surface area contributed by atoms with Crippen LogP contribution >= 0.6 is 15.9 Å². The van der Waals surface area contributed by atoms with E-state index in [1.165, 1.54) is 18.2 Å². The first kappa shape index (κ1) is 16.4. The number of hydrogen-bond acceptors (Lipinski definition) is 2. The number of rotatable bonds is 5. The maximum Gasteiger partial charge on any atom is 0.326 e. The Morgan fingerprint density at radius 3 is 2.55 bits per heavy atom. The van der Waals surface area contributed by atoms with Crippen molar-refractivity contribution in [3.8, 4) is 0 Å². The van der Waals surface area contributed by atoms with E-state index >= 15 is 0 Å². The number of carbonyl (C=O) groups is 2. The number of carbonyl (C=O) groups excluding carboxylic acids is 1. The molecule has 7 heteroatoms. The molecule has 0 saturated carbocycles. The van der Waals surface area contributed by atoms with Crippen molar-refractivity contribution in [2.75, 3.05) is 5.32 Å². The summed E-state index contributed by atoms with van der Waals surface area (Å²) in [5.41, 5.74) is 0.365. The van der Waals surface area contributed by atoms with Gasteiger partial charge in [0.05, 0.1) is 4.47 Å². The van der Waals surface area contributed by atoms with Crippen molar-refractivity contribution in [2.24, 2.45) is 5.92 Å². The van der Waals surface area contributed by atoms with E-state index < -0.39 is 23.9 Å². The highest BCUT2D eigenvalue weighted by Crippen LogP contribution is 2.19. The van der Waals surface area contributed by atoms with Gasteiger partial charge in [0.15, 0.2) is 0 Å². The van der Waals surface area contributed by atoms with Crippen molar-refractivity contribution in [2.45, 2.75) is 26.3 Å². The number of carboxylic acids is 1. The average Bonchev–Trinajstić information content (AvgIpc) is 2.32. The number of carboxylic acid groups (broad SMARTS) is 1. The van der Waals surface area contributed by atoms with Crippen LogP contribution in [0.3, 0.4) is 0 Å². The van der Waals surface area contributed by atoms with Crippen molar-refractivity contribution >= 4 is 33.6 Å². The van der Waals surface area contributed by atoms with Gasteiger partial charge in [0, 0.05) is 5.69 Å². The van der Waals surface area contributed by atoms with Gasteiger partial charge in [-0.25, -0.2) is 14.0 Å². The van der Waals surface area contributed by atoms with Crippen LogP contribution in [0.25, 0.3) is 0 Å². The zero-order valence-electron chi connectivity index (χ0n) is 11.1. The fourth-order valence-corrected chi connectivity index (χ4v) is 1.97. The maximum atomic E-state index is 13.0. The molecule has 0 spiro atoms. The lowest BCUT2D eigenvalue weighted by molar-refractivity contribution is -0.139. The molecular weight excluding hydrogens is 331 g/mol. The molecule has 0 aliphatic carbocycles. The highest BCUT2D eigenvalue weighted by molar-refractivity contribution is 9.10. The fraction of sp³-hybridized carbons (Fsp3) is 0.385. The Morgan fingerprint density at radius 2 is 2.05 bits per heavy atom. The minimum atomic E-state index is -1.09. The zero-order valence-corrected chi connectivity index (χ0v) is 12.7. The standard InChI is InChI=1S/C13H16BrFN2O3/c1-7(2)5-11(12(18)19)17-13(20)16-8-3-4-10(15)9(14)6-8/h3-4,6-7,11H,5H2,1-2H3,(H,18,19)(H2,16,17,20). The second kappa shape index (κ2) is 7.23. The summed E-state index contributed by atoms with van der Waals surface area (Å²) < 4.78 is 13.3. The van der Waals surface area contributed by atoms with Crippen molar-refractivity contribution in [1.29, 1.82) is 0 Å². The van der Waals surface area contributed by atoms with Crippen molar-refractivity contribution in [3.05, 3.63) is 28.5 Å². The van der Waals surface area contributed by atoms with E-state index in [0.29, 0.717) is 12.1 Å². The normalized spacial score (nSPS) is 12.1. The highest BCUT2D eigenvalue weighted by Gasteiger charge is 2.21. The van der Waals surface area contributed by atoms with Gasteiger partial charge in [-0.2, -0.15) is 0 Å². The van der Waals surface area contributed by atoms with Crippen molar-refractivity contribution in [3.63, 3.8) is 0 Å². The van der Waals surface area contributed by atoms with Crippen LogP contribution < -0.4 is 10.6 Å². The van der Waals surface area contributed by atoms with Crippen LogP contribution in [-0.2, 0) is 4.79 Å². The van der Waals surface area contributed by atoms with Gasteiger partial charge in [-0.1, -0.05) is 13.8 Å². The molecule has 0 saturated heterocycles. The van der Waals surface area contributed by atoms with E-state index in [1.807, 2.05) is 13.8 Å². The van der Waals surface area contributed by atoms with Crippen LogP contribution in [0.15, 0.2) is 22.7 Å². The van der Waals surface area contributed by atoms with E-state index in [9.17, 15) is 14.0 Å². The molecule has 0 aliphatic heterocycles. The number of aliphatic carboxylic acids is 1. The van der Waals surface area contributed by atoms with Crippen molar-refractivity contribution < 1.29 is 19.1 Å². The number of hydrogen-bond donors (Lipinski definition) is 3. The van der Waals surface area contributed by atoms with E-state index in [-0.39, 0.29) is 10.4 Å². The minimum Gasteiger partial charge on any atom is -0.480 e. The molecule has 2 amide bonds. The Kier molecular flexibility index (Phi) is 5.94. The summed E-state index contributed by atoms with van der Waals surface area (Å²) in [6.45, 7) is 3.74. The molecule has 1 unspecified atom stereocenters. The first-order chi connectivity index (χ1) is 9.29. The third-order valence-corrected chi connectivity index (χ3v) is 3.10. The van der Waals surface area contributed by atoms with Gasteiger partial charge in [0.2, 0.25) is 0 Å². The Hall–Kier alpha value is -1.63. The molecular formula is C13H16BrFN2O3. The first-order valence-corrected chi connectivity index (χ1v) is 6.84. The summed E-state index contributed by atoms with van der Waals surface area (Å²) in [5.74, 6) is -1.40. The number of halogens is 2. The summed E-state index contributed by atoms with van der Waals surface area (Å²) in [6, 6.07) is 2.38. The Bertz CT molecular complexity index is 508. The second-order valence-corrected chi connectivity index (χ2v) is 5.60. The maximum absolute atomic E-state index is 13.0. The van der Waals surface area contributed by atoms with Crippen LogP contribution in [0.4, 0.5) is 14.9 Å². The zero-order chi connectivity index (χ0) is 15.3. The van der Waals surface area contributed by atoms with Crippen LogP contribution in [0, 0.1) is 11.7 Å². The predicted octanol–water partition coefficient (Wildman–Crippen LogP) is 3.21. The predicted molar refractivity (Wildman–Crippen MR) is 77.1 cm³/mol. The SMILES string of the molecule is CC(C)CC(NC(=O)Nc1ccc(F)c(Br)c1)C(=O)O. The van der Waals surface area contributed by atoms with Crippen LogP contribution in [0.2, 0.25) is 0 Å². The largest absolute Gasteiger partial charge is 0.480 e. The third-order valence-electron chi connectivity index (χ3n) is 2.49. The molecule has 0 aromatic heterocycles. The Labute approximate surface area is 124 Å². The average molecular weight is 347 g/mol. The molecule has 3 N–H and O–H groups in total. The smallest absolute Gasteiger partial charge is 0.326 e. The lowest BCUT2D eigenvalue weighted by Crippen LogP contribution is -2.43. The molecule has 0 fully saturated rings. The fourth-order valence-electron chi connectivity index (χ4n) is 1.59. The molecule has 1 aromatic carbocycles. The van der Waals surface area contributed by atoms with Gasteiger partial charge >= 0.3 is 12.0 Å². The Morgan fingerprint density at radius 1 is 1.40 bits per heavy atom. The molecule has 5 nitrogen and oxygen atoms in total. The topological polar surface area (TPSA) is 78.4 Å². The number of benzene rings is 1. The lowest BCUT2D eigenvalue weighted by atomic mass is 10.0. The van der Waals surface area contributed by atoms with E-state index in [0.717, 1.165) is 0 Å². The van der Waals surface area contributed by atoms with E-state index in [4.69, 9.17) is 5.11 Å². The van der Waals surface area contributed by atoms with Gasteiger partial charge < -0.3 is 15.7 Å². The minimum absolute atomic E-state index is 0.136. The number of urea groups is 1. The lowest BCUT2D eigenvalue weighted by Gasteiger charge is -2.17. The third kappa shape index (κ3) is 5.16. The molecule has 110 valence electrons. The summed E-state index contributed by atoms with van der Waals surface area (Å²) >= 11 is 3.00. The summed E-state index contributed by atoms with van der Waals surface area (Å²) in [7, 11) is 0. The first-order valence-electron chi connectivity index (χ1n) is 6.05. The monoisotopic (exact) mass is 346 g/mol. The quantitative estimate of drug-likeness (QED) is 0.765. The summed E-state index contributed by atoms with van der Waals surface area (Å²) in [6.07, 6.45) is 0.329. The van der Waals surface area contributed by atoms with Gasteiger partial charge in [-0.05, 0) is 46.5 Å². The molecule has 1 atom stereocenters. The molecule has 0 bridgehead atoms. The van der Waals surface area contributed by atoms with E-state index in [2.05, 4.69) is 26.6 Å². The molecule has 0 radical (unpaired) electrons. The van der Waals surface area contributed by atoms with Gasteiger partial charge in [-0.15, -0.1) is 0 Å². The number of nitrogens with one attached hydrogen (secondary N) is 2. The summed E-state index contributed by atoms with van der Waals surface area (Å²) in [4.78, 5) is 22.7. The van der Waals surface area contributed by atoms with Crippen LogP contribution in [0.5, 0.6) is 0 Å². The number of anilines is 1. The number of amides is 2. The Balaban J connectivity index is 2.65. The highest BCUT2D eigenvalue weighted by atomic mass is 79.9. The second-order valence-electron chi connectivity index (χ2n) is 4.75. The molecule has 0 heterocycles. The van der Waals surface area contributed by atoms with E-state index in [1.54, 1.807) is 0 Å². The van der Waals surface area contributed by atoms with Gasteiger partial charge in [-0.3, -0.25) is 0 Å². The van der Waals surface area contributed by atoms with Crippen LogP contribution in [0.1, 0.15) is 20.3 Å².